The summed E-state index contributed by atoms with van der Waals surface area (Å²) in [6.07, 6.45) is 0.145. The number of carbonyl (C=O) groups excluding carboxylic acids is 1. The summed E-state index contributed by atoms with van der Waals surface area (Å²) < 4.78 is 26.3. The van der Waals surface area contributed by atoms with Crippen molar-refractivity contribution in [3.63, 3.8) is 0 Å². The van der Waals surface area contributed by atoms with Gasteiger partial charge in [-0.15, -0.1) is 11.3 Å². The second-order valence-corrected chi connectivity index (χ2v) is 7.43. The fourth-order valence-corrected chi connectivity index (χ4v) is 4.07. The highest BCUT2D eigenvalue weighted by Gasteiger charge is 2.29. The molecule has 120 valence electrons. The molecule has 1 aromatic heterocycles. The van der Waals surface area contributed by atoms with Crippen molar-refractivity contribution < 1.29 is 13.2 Å². The Morgan fingerprint density at radius 1 is 1.39 bits per heavy atom. The number of carbonyl (C=O) groups is 1. The first kappa shape index (κ1) is 15.6. The van der Waals surface area contributed by atoms with Crippen molar-refractivity contribution in [3.05, 3.63) is 40.9 Å². The Kier molecular flexibility index (Phi) is 4.14. The minimum Gasteiger partial charge on any atom is -0.302 e. The monoisotopic (exact) mass is 350 g/mol. The molecule has 0 unspecified atom stereocenters. The zero-order chi connectivity index (χ0) is 16.4. The molecule has 0 bridgehead atoms. The summed E-state index contributed by atoms with van der Waals surface area (Å²) in [6, 6.07) is 6.61. The van der Waals surface area contributed by atoms with Gasteiger partial charge in [-0.2, -0.15) is 0 Å². The van der Waals surface area contributed by atoms with Crippen molar-refractivity contribution in [3.8, 4) is 0 Å². The molecule has 0 radical (unpaired) electrons. The van der Waals surface area contributed by atoms with E-state index in [0.717, 1.165) is 5.69 Å². The fraction of sp³-hybridized carbons (Fsp3) is 0.214. The third-order valence-corrected chi connectivity index (χ3v) is 5.41. The molecule has 1 amide bonds. The second kappa shape index (κ2) is 6.09. The SMILES string of the molecule is Cc1csc(NC(=O)CCN=C2NS(=O)(=O)c3ccccc32)n1. The number of nitrogens with zero attached hydrogens (tertiary/aromatic N) is 2. The highest BCUT2D eigenvalue weighted by Crippen LogP contribution is 2.22. The number of rotatable bonds is 4. The predicted molar refractivity (Wildman–Crippen MR) is 88.3 cm³/mol. The molecule has 2 N–H and O–H groups in total. The third-order valence-electron chi connectivity index (χ3n) is 3.14. The first-order chi connectivity index (χ1) is 11.0. The summed E-state index contributed by atoms with van der Waals surface area (Å²) in [5.41, 5.74) is 1.38. The fourth-order valence-electron chi connectivity index (χ4n) is 2.11. The van der Waals surface area contributed by atoms with Gasteiger partial charge in [0.1, 0.15) is 5.84 Å². The van der Waals surface area contributed by atoms with Gasteiger partial charge in [0.15, 0.2) is 5.13 Å². The molecule has 23 heavy (non-hydrogen) atoms. The summed E-state index contributed by atoms with van der Waals surface area (Å²) in [7, 11) is -3.54. The van der Waals surface area contributed by atoms with Gasteiger partial charge in [-0.25, -0.2) is 13.4 Å². The maximum atomic E-state index is 11.9. The van der Waals surface area contributed by atoms with E-state index in [1.165, 1.54) is 17.4 Å². The van der Waals surface area contributed by atoms with Crippen LogP contribution in [0.4, 0.5) is 5.13 Å². The van der Waals surface area contributed by atoms with Crippen LogP contribution in [0.2, 0.25) is 0 Å². The van der Waals surface area contributed by atoms with Gasteiger partial charge < -0.3 is 5.32 Å². The third kappa shape index (κ3) is 3.40. The maximum Gasteiger partial charge on any atom is 0.263 e. The quantitative estimate of drug-likeness (QED) is 0.873. The lowest BCUT2D eigenvalue weighted by molar-refractivity contribution is -0.116. The zero-order valence-corrected chi connectivity index (χ0v) is 13.9. The molecule has 1 aromatic carbocycles. The topological polar surface area (TPSA) is 101 Å². The number of nitrogens with one attached hydrogen (secondary N) is 2. The van der Waals surface area contributed by atoms with Crippen molar-refractivity contribution >= 4 is 38.2 Å². The Morgan fingerprint density at radius 3 is 2.91 bits per heavy atom. The lowest BCUT2D eigenvalue weighted by atomic mass is 10.2. The molecule has 0 atom stereocenters. The Balaban J connectivity index is 1.64. The van der Waals surface area contributed by atoms with Crippen molar-refractivity contribution in [2.75, 3.05) is 11.9 Å². The van der Waals surface area contributed by atoms with Gasteiger partial charge in [-0.1, -0.05) is 12.1 Å². The van der Waals surface area contributed by atoms with E-state index in [1.54, 1.807) is 18.2 Å². The van der Waals surface area contributed by atoms with Crippen LogP contribution in [0.15, 0.2) is 39.5 Å². The van der Waals surface area contributed by atoms with Gasteiger partial charge >= 0.3 is 0 Å². The number of benzene rings is 1. The van der Waals surface area contributed by atoms with E-state index in [1.807, 2.05) is 12.3 Å². The van der Waals surface area contributed by atoms with E-state index in [9.17, 15) is 13.2 Å². The van der Waals surface area contributed by atoms with Gasteiger partial charge in [0.05, 0.1) is 17.1 Å². The van der Waals surface area contributed by atoms with E-state index in [4.69, 9.17) is 0 Å². The van der Waals surface area contributed by atoms with Crippen LogP contribution in [-0.4, -0.2) is 31.7 Å². The number of aromatic nitrogens is 1. The highest BCUT2D eigenvalue weighted by molar-refractivity contribution is 7.90. The predicted octanol–water partition coefficient (Wildman–Crippen LogP) is 1.52. The van der Waals surface area contributed by atoms with E-state index >= 15 is 0 Å². The van der Waals surface area contributed by atoms with Crippen molar-refractivity contribution in [1.82, 2.24) is 9.71 Å². The smallest absolute Gasteiger partial charge is 0.263 e. The summed E-state index contributed by atoms with van der Waals surface area (Å²) in [5.74, 6) is 0.0660. The first-order valence-corrected chi connectivity index (χ1v) is 9.20. The molecule has 1 aliphatic rings. The Bertz CT molecular complexity index is 887. The summed E-state index contributed by atoms with van der Waals surface area (Å²) >= 11 is 1.36. The van der Waals surface area contributed by atoms with Crippen molar-refractivity contribution in [1.29, 1.82) is 0 Å². The van der Waals surface area contributed by atoms with E-state index in [0.29, 0.717) is 10.7 Å². The number of amides is 1. The molecule has 0 aliphatic carbocycles. The Labute approximate surface area is 137 Å². The summed E-state index contributed by atoms with van der Waals surface area (Å²) in [4.78, 5) is 20.4. The van der Waals surface area contributed by atoms with Crippen LogP contribution in [0.25, 0.3) is 0 Å². The molecule has 2 aromatic rings. The van der Waals surface area contributed by atoms with Gasteiger partial charge in [0, 0.05) is 17.4 Å². The van der Waals surface area contributed by atoms with E-state index in [2.05, 4.69) is 20.0 Å². The molecule has 0 saturated carbocycles. The average molecular weight is 350 g/mol. The molecular formula is C14H14N4O3S2. The number of aryl methyl sites for hydroxylation is 1. The normalized spacial score (nSPS) is 16.8. The molecule has 0 saturated heterocycles. The van der Waals surface area contributed by atoms with Gasteiger partial charge in [0.2, 0.25) is 5.91 Å². The van der Waals surface area contributed by atoms with E-state index in [-0.39, 0.29) is 29.6 Å². The molecule has 3 rings (SSSR count). The number of aliphatic imine (C=N–C) groups is 1. The average Bonchev–Trinajstić information content (AvgIpc) is 3.01. The first-order valence-electron chi connectivity index (χ1n) is 6.84. The molecule has 2 heterocycles. The summed E-state index contributed by atoms with van der Waals surface area (Å²) in [6.45, 7) is 2.03. The molecular weight excluding hydrogens is 336 g/mol. The number of fused-ring (bicyclic) bond motifs is 1. The number of thiazole rings is 1. The second-order valence-electron chi connectivity index (χ2n) is 4.92. The van der Waals surface area contributed by atoms with Crippen LogP contribution in [-0.2, 0) is 14.8 Å². The zero-order valence-electron chi connectivity index (χ0n) is 12.2. The van der Waals surface area contributed by atoms with Crippen molar-refractivity contribution in [2.45, 2.75) is 18.2 Å². The van der Waals surface area contributed by atoms with Crippen LogP contribution in [0, 0.1) is 6.92 Å². The van der Waals surface area contributed by atoms with Gasteiger partial charge in [0.25, 0.3) is 10.0 Å². The number of amidine groups is 1. The number of hydrogen-bond donors (Lipinski definition) is 2. The largest absolute Gasteiger partial charge is 0.302 e. The van der Waals surface area contributed by atoms with Crippen LogP contribution in [0.1, 0.15) is 17.7 Å². The molecule has 0 fully saturated rings. The minimum absolute atomic E-state index is 0.145. The Morgan fingerprint density at radius 2 is 2.17 bits per heavy atom. The standard InChI is InChI=1S/C14H14N4O3S2/c1-9-8-22-14(16-9)17-12(19)6-7-15-13-10-4-2-3-5-11(10)23(20,21)18-13/h2-5,8H,6-7H2,1H3,(H,15,18)(H,16,17,19). The minimum atomic E-state index is -3.54. The lowest BCUT2D eigenvalue weighted by Gasteiger charge is -2.01. The number of sulfonamides is 1. The van der Waals surface area contributed by atoms with Gasteiger partial charge in [-0.3, -0.25) is 14.5 Å². The van der Waals surface area contributed by atoms with Crippen LogP contribution >= 0.6 is 11.3 Å². The summed E-state index contributed by atoms with van der Waals surface area (Å²) in [5, 5.41) is 5.08. The van der Waals surface area contributed by atoms with Crippen LogP contribution in [0.5, 0.6) is 0 Å². The van der Waals surface area contributed by atoms with Crippen LogP contribution in [0.3, 0.4) is 0 Å². The molecule has 0 spiro atoms. The number of hydrogen-bond acceptors (Lipinski definition) is 6. The maximum absolute atomic E-state index is 11.9. The molecule has 7 nitrogen and oxygen atoms in total. The molecule has 9 heteroatoms. The van der Waals surface area contributed by atoms with Crippen LogP contribution < -0.4 is 10.0 Å². The lowest BCUT2D eigenvalue weighted by Crippen LogP contribution is -2.23. The Hall–Kier alpha value is -2.26. The number of anilines is 1. The van der Waals surface area contributed by atoms with Gasteiger partial charge in [-0.05, 0) is 19.1 Å². The molecule has 1 aliphatic heterocycles. The highest BCUT2D eigenvalue weighted by atomic mass is 32.2. The van der Waals surface area contributed by atoms with E-state index < -0.39 is 10.0 Å². The van der Waals surface area contributed by atoms with Crippen molar-refractivity contribution in [2.24, 2.45) is 4.99 Å².